The first-order chi connectivity index (χ1) is 12.1. The van der Waals surface area contributed by atoms with E-state index < -0.39 is 0 Å². The predicted molar refractivity (Wildman–Crippen MR) is 99.4 cm³/mol. The van der Waals surface area contributed by atoms with E-state index >= 15 is 0 Å². The number of aliphatic hydroxyl groups excluding tert-OH is 1. The van der Waals surface area contributed by atoms with E-state index in [-0.39, 0.29) is 6.10 Å². The highest BCUT2D eigenvalue weighted by molar-refractivity contribution is 7.09. The van der Waals surface area contributed by atoms with E-state index in [2.05, 4.69) is 38.3 Å². The van der Waals surface area contributed by atoms with Crippen molar-refractivity contribution in [1.29, 1.82) is 0 Å². The summed E-state index contributed by atoms with van der Waals surface area (Å²) in [5, 5.41) is 26.9. The van der Waals surface area contributed by atoms with Crippen LogP contribution in [0.5, 0.6) is 0 Å². The molecule has 0 atom stereocenters. The quantitative estimate of drug-likeness (QED) is 0.557. The fourth-order valence-electron chi connectivity index (χ4n) is 2.89. The van der Waals surface area contributed by atoms with Gasteiger partial charge in [0.25, 0.3) is 0 Å². The highest BCUT2D eigenvalue weighted by atomic mass is 32.1. The van der Waals surface area contributed by atoms with Crippen LogP contribution in [0.25, 0.3) is 0 Å². The summed E-state index contributed by atoms with van der Waals surface area (Å²) in [6, 6.07) is 4.51. The van der Waals surface area contributed by atoms with Crippen molar-refractivity contribution in [1.82, 2.24) is 25.4 Å². The molecule has 1 saturated carbocycles. The second kappa shape index (κ2) is 8.44. The number of aliphatic imine (C=N–C) groups is 1. The van der Waals surface area contributed by atoms with Crippen LogP contribution in [-0.2, 0) is 20.1 Å². The van der Waals surface area contributed by atoms with Gasteiger partial charge in [0.05, 0.1) is 12.6 Å². The van der Waals surface area contributed by atoms with Gasteiger partial charge in [-0.25, -0.2) is 4.99 Å². The number of hydrogen-bond acceptors (Lipinski definition) is 5. The average Bonchev–Trinajstić information content (AvgIpc) is 3.24. The number of aromatic nitrogens is 3. The maximum atomic E-state index is 9.68. The summed E-state index contributed by atoms with van der Waals surface area (Å²) in [6.07, 6.45) is 3.46. The summed E-state index contributed by atoms with van der Waals surface area (Å²) >= 11 is 1.73. The van der Waals surface area contributed by atoms with Gasteiger partial charge in [-0.05, 0) is 44.1 Å². The molecule has 0 spiro atoms. The molecule has 0 bridgehead atoms. The fourth-order valence-corrected chi connectivity index (χ4v) is 3.53. The predicted octanol–water partition coefficient (Wildman–Crippen LogP) is 1.72. The molecule has 0 saturated heterocycles. The maximum Gasteiger partial charge on any atom is 0.192 e. The molecule has 1 fully saturated rings. The van der Waals surface area contributed by atoms with Gasteiger partial charge in [-0.3, -0.25) is 0 Å². The number of thiophene rings is 1. The van der Waals surface area contributed by atoms with E-state index in [4.69, 9.17) is 4.99 Å². The van der Waals surface area contributed by atoms with Gasteiger partial charge < -0.3 is 20.3 Å². The van der Waals surface area contributed by atoms with Gasteiger partial charge in [-0.1, -0.05) is 6.07 Å². The Balaban J connectivity index is 1.64. The molecule has 3 rings (SSSR count). The largest absolute Gasteiger partial charge is 0.393 e. The lowest BCUT2D eigenvalue weighted by atomic mass is 9.93. The Hall–Kier alpha value is -1.93. The SMILES string of the molecule is Cc1nnc(CN=C(NCc2cccs2)NC2CCC(O)CC2)n1C. The van der Waals surface area contributed by atoms with Crippen LogP contribution >= 0.6 is 11.3 Å². The van der Waals surface area contributed by atoms with Crippen LogP contribution in [0.1, 0.15) is 42.2 Å². The van der Waals surface area contributed by atoms with Crippen LogP contribution in [0.2, 0.25) is 0 Å². The van der Waals surface area contributed by atoms with Gasteiger partial charge >= 0.3 is 0 Å². The monoisotopic (exact) mass is 362 g/mol. The molecule has 8 heteroatoms. The molecule has 1 aliphatic carbocycles. The summed E-state index contributed by atoms with van der Waals surface area (Å²) in [6.45, 7) is 3.16. The number of nitrogens with zero attached hydrogens (tertiary/aromatic N) is 4. The Bertz CT molecular complexity index is 688. The van der Waals surface area contributed by atoms with Gasteiger partial charge in [0, 0.05) is 18.0 Å². The van der Waals surface area contributed by atoms with Crippen LogP contribution in [-0.4, -0.2) is 38.0 Å². The number of aryl methyl sites for hydroxylation is 1. The Morgan fingerprint density at radius 2 is 2.16 bits per heavy atom. The fraction of sp³-hybridized carbons (Fsp3) is 0.588. The standard InChI is InChI=1S/C17H26N6OS/c1-12-21-22-16(23(12)2)11-19-17(18-10-15-4-3-9-25-15)20-13-5-7-14(24)8-6-13/h3-4,9,13-14,24H,5-8,10-11H2,1-2H3,(H2,18,19,20). The minimum absolute atomic E-state index is 0.154. The van der Waals surface area contributed by atoms with Crippen molar-refractivity contribution in [2.24, 2.45) is 12.0 Å². The van der Waals surface area contributed by atoms with Gasteiger partial charge in [-0.2, -0.15) is 0 Å². The van der Waals surface area contributed by atoms with E-state index in [0.717, 1.165) is 49.8 Å². The van der Waals surface area contributed by atoms with Crippen LogP contribution in [0.3, 0.4) is 0 Å². The third kappa shape index (κ3) is 5.02. The molecular weight excluding hydrogens is 336 g/mol. The molecular formula is C17H26N6OS. The summed E-state index contributed by atoms with van der Waals surface area (Å²) in [7, 11) is 1.95. The first-order valence-electron chi connectivity index (χ1n) is 8.72. The summed E-state index contributed by atoms with van der Waals surface area (Å²) < 4.78 is 1.96. The zero-order valence-corrected chi connectivity index (χ0v) is 15.6. The van der Waals surface area contributed by atoms with Crippen molar-refractivity contribution in [3.05, 3.63) is 34.0 Å². The first kappa shape index (κ1) is 17.9. The highest BCUT2D eigenvalue weighted by Gasteiger charge is 2.20. The molecule has 25 heavy (non-hydrogen) atoms. The van der Waals surface area contributed by atoms with Crippen molar-refractivity contribution in [2.75, 3.05) is 0 Å². The third-order valence-electron chi connectivity index (χ3n) is 4.61. The second-order valence-electron chi connectivity index (χ2n) is 6.47. The second-order valence-corrected chi connectivity index (χ2v) is 7.50. The molecule has 1 aliphatic rings. The topological polar surface area (TPSA) is 87.4 Å². The minimum Gasteiger partial charge on any atom is -0.393 e. The normalized spacial score (nSPS) is 21.3. The summed E-state index contributed by atoms with van der Waals surface area (Å²) in [5.41, 5.74) is 0. The molecule has 2 heterocycles. The van der Waals surface area contributed by atoms with Crippen molar-refractivity contribution >= 4 is 17.3 Å². The zero-order chi connectivity index (χ0) is 17.6. The minimum atomic E-state index is -0.154. The summed E-state index contributed by atoms with van der Waals surface area (Å²) in [4.78, 5) is 5.96. The van der Waals surface area contributed by atoms with Gasteiger partial charge in [-0.15, -0.1) is 21.5 Å². The molecule has 2 aromatic heterocycles. The molecule has 2 aromatic rings. The molecule has 0 aliphatic heterocycles. The number of rotatable bonds is 5. The Kier molecular flexibility index (Phi) is 6.04. The van der Waals surface area contributed by atoms with Crippen LogP contribution in [0.4, 0.5) is 0 Å². The number of guanidine groups is 1. The third-order valence-corrected chi connectivity index (χ3v) is 5.49. The molecule has 0 aromatic carbocycles. The van der Waals surface area contributed by atoms with Crippen molar-refractivity contribution in [2.45, 2.75) is 57.8 Å². The van der Waals surface area contributed by atoms with Crippen molar-refractivity contribution in [3.8, 4) is 0 Å². The lowest BCUT2D eigenvalue weighted by Gasteiger charge is -2.27. The van der Waals surface area contributed by atoms with Gasteiger partial charge in [0.1, 0.15) is 12.4 Å². The van der Waals surface area contributed by atoms with Crippen LogP contribution in [0, 0.1) is 6.92 Å². The lowest BCUT2D eigenvalue weighted by molar-refractivity contribution is 0.120. The van der Waals surface area contributed by atoms with Crippen molar-refractivity contribution in [3.63, 3.8) is 0 Å². The average molecular weight is 363 g/mol. The Morgan fingerprint density at radius 3 is 2.80 bits per heavy atom. The van der Waals surface area contributed by atoms with Crippen LogP contribution in [0.15, 0.2) is 22.5 Å². The highest BCUT2D eigenvalue weighted by Crippen LogP contribution is 2.18. The Morgan fingerprint density at radius 1 is 1.36 bits per heavy atom. The first-order valence-corrected chi connectivity index (χ1v) is 9.60. The molecule has 3 N–H and O–H groups in total. The molecule has 0 unspecified atom stereocenters. The lowest BCUT2D eigenvalue weighted by Crippen LogP contribution is -2.45. The molecule has 136 valence electrons. The van der Waals surface area contributed by atoms with E-state index in [1.165, 1.54) is 4.88 Å². The van der Waals surface area contributed by atoms with E-state index in [1.807, 2.05) is 18.5 Å². The smallest absolute Gasteiger partial charge is 0.192 e. The van der Waals surface area contributed by atoms with E-state index in [1.54, 1.807) is 11.3 Å². The number of hydrogen-bond donors (Lipinski definition) is 3. The number of nitrogens with one attached hydrogen (secondary N) is 2. The van der Waals surface area contributed by atoms with E-state index in [0.29, 0.717) is 12.6 Å². The molecule has 7 nitrogen and oxygen atoms in total. The van der Waals surface area contributed by atoms with E-state index in [9.17, 15) is 5.11 Å². The summed E-state index contributed by atoms with van der Waals surface area (Å²) in [5.74, 6) is 2.51. The Labute approximate surface area is 152 Å². The zero-order valence-electron chi connectivity index (χ0n) is 14.8. The number of aliphatic hydroxyl groups is 1. The molecule has 0 amide bonds. The molecule has 0 radical (unpaired) electrons. The van der Waals surface area contributed by atoms with Gasteiger partial charge in [0.2, 0.25) is 0 Å². The van der Waals surface area contributed by atoms with Gasteiger partial charge in [0.15, 0.2) is 11.8 Å². The maximum absolute atomic E-state index is 9.68. The van der Waals surface area contributed by atoms with Crippen molar-refractivity contribution < 1.29 is 5.11 Å². The van der Waals surface area contributed by atoms with Crippen LogP contribution < -0.4 is 10.6 Å².